The first-order valence-electron chi connectivity index (χ1n) is 8.76. The predicted octanol–water partition coefficient (Wildman–Crippen LogP) is 1.38. The maximum atomic E-state index is 12.6. The lowest BCUT2D eigenvalue weighted by molar-refractivity contribution is -0.126. The molecule has 0 bridgehead atoms. The molecule has 7 heteroatoms. The van der Waals surface area contributed by atoms with Gasteiger partial charge in [0.1, 0.15) is 11.9 Å². The third kappa shape index (κ3) is 3.93. The van der Waals surface area contributed by atoms with Crippen LogP contribution in [0.25, 0.3) is 0 Å². The quantitative estimate of drug-likeness (QED) is 0.839. The van der Waals surface area contributed by atoms with Crippen LogP contribution in [0.1, 0.15) is 36.0 Å². The highest BCUT2D eigenvalue weighted by molar-refractivity contribution is 5.99. The minimum atomic E-state index is -0.517. The molecule has 2 aliphatic rings. The van der Waals surface area contributed by atoms with Crippen molar-refractivity contribution in [2.24, 2.45) is 5.73 Å². The molecular weight excluding hydrogens is 322 g/mol. The highest BCUT2D eigenvalue weighted by Crippen LogP contribution is 2.28. The molecule has 1 aromatic carbocycles. The fourth-order valence-electron chi connectivity index (χ4n) is 3.33. The molecule has 25 heavy (non-hydrogen) atoms. The van der Waals surface area contributed by atoms with E-state index in [0.29, 0.717) is 30.0 Å². The van der Waals surface area contributed by atoms with Crippen molar-refractivity contribution in [2.45, 2.75) is 37.9 Å². The van der Waals surface area contributed by atoms with E-state index in [-0.39, 0.29) is 17.9 Å². The summed E-state index contributed by atoms with van der Waals surface area (Å²) in [5.74, 6) is 0.260. The largest absolute Gasteiger partial charge is 0.495 e. The minimum absolute atomic E-state index is 0.0176. The summed E-state index contributed by atoms with van der Waals surface area (Å²) in [5.41, 5.74) is 6.62. The lowest BCUT2D eigenvalue weighted by Crippen LogP contribution is -2.30. The zero-order valence-electron chi connectivity index (χ0n) is 14.5. The van der Waals surface area contributed by atoms with Crippen LogP contribution in [0.5, 0.6) is 5.75 Å². The molecule has 0 spiro atoms. The van der Waals surface area contributed by atoms with Gasteiger partial charge in [0.15, 0.2) is 0 Å². The summed E-state index contributed by atoms with van der Waals surface area (Å²) in [6, 6.07) is 5.11. The van der Waals surface area contributed by atoms with Gasteiger partial charge >= 0.3 is 0 Å². The number of rotatable bonds is 5. The zero-order chi connectivity index (χ0) is 17.8. The van der Waals surface area contributed by atoms with Gasteiger partial charge in [-0.1, -0.05) is 0 Å². The number of hydrogen-bond acceptors (Lipinski definition) is 5. The number of methoxy groups -OCH3 is 1. The summed E-state index contributed by atoms with van der Waals surface area (Å²) in [5, 5.41) is 2.83. The van der Waals surface area contributed by atoms with Gasteiger partial charge in [-0.2, -0.15) is 0 Å². The number of amides is 2. The third-order valence-electron chi connectivity index (χ3n) is 4.76. The van der Waals surface area contributed by atoms with E-state index in [2.05, 4.69) is 5.32 Å². The first-order chi connectivity index (χ1) is 12.1. The molecule has 0 saturated carbocycles. The Labute approximate surface area is 147 Å². The minimum Gasteiger partial charge on any atom is -0.495 e. The van der Waals surface area contributed by atoms with E-state index in [1.807, 2.05) is 4.90 Å². The lowest BCUT2D eigenvalue weighted by atomic mass is 10.1. The fourth-order valence-corrected chi connectivity index (χ4v) is 3.33. The van der Waals surface area contributed by atoms with Crippen LogP contribution < -0.4 is 15.8 Å². The van der Waals surface area contributed by atoms with Gasteiger partial charge in [-0.05, 0) is 43.9 Å². The molecule has 1 aromatic rings. The number of likely N-dealkylation sites (tertiary alicyclic amines) is 1. The van der Waals surface area contributed by atoms with Crippen molar-refractivity contribution in [1.29, 1.82) is 0 Å². The van der Waals surface area contributed by atoms with Crippen molar-refractivity contribution in [3.8, 4) is 5.75 Å². The van der Waals surface area contributed by atoms with E-state index in [1.165, 1.54) is 7.11 Å². The van der Waals surface area contributed by atoms with Gasteiger partial charge in [0.2, 0.25) is 0 Å². The highest BCUT2D eigenvalue weighted by atomic mass is 16.5. The number of nitrogens with zero attached hydrogens (tertiary/aromatic N) is 1. The first kappa shape index (κ1) is 17.7. The van der Waals surface area contributed by atoms with Crippen molar-refractivity contribution in [2.75, 3.05) is 32.1 Å². The van der Waals surface area contributed by atoms with Crippen LogP contribution in [0.4, 0.5) is 5.69 Å². The van der Waals surface area contributed by atoms with Crippen LogP contribution in [0.3, 0.4) is 0 Å². The van der Waals surface area contributed by atoms with Crippen molar-refractivity contribution in [3.05, 3.63) is 23.8 Å². The van der Waals surface area contributed by atoms with Gasteiger partial charge in [0, 0.05) is 25.2 Å². The molecule has 2 amide bonds. The van der Waals surface area contributed by atoms with Crippen LogP contribution in [-0.4, -0.2) is 55.7 Å². The molecule has 0 aromatic heterocycles. The van der Waals surface area contributed by atoms with Crippen molar-refractivity contribution < 1.29 is 19.1 Å². The normalized spacial score (nSPS) is 22.9. The number of carbonyl (C=O) groups excluding carboxylic acids is 2. The number of benzene rings is 1. The summed E-state index contributed by atoms with van der Waals surface area (Å²) < 4.78 is 10.9. The van der Waals surface area contributed by atoms with Crippen LogP contribution >= 0.6 is 0 Å². The summed E-state index contributed by atoms with van der Waals surface area (Å²) >= 11 is 0. The average molecular weight is 347 g/mol. The summed E-state index contributed by atoms with van der Waals surface area (Å²) in [7, 11) is 1.53. The first-order valence-corrected chi connectivity index (χ1v) is 8.76. The van der Waals surface area contributed by atoms with Crippen LogP contribution in [0, 0.1) is 0 Å². The highest BCUT2D eigenvalue weighted by Gasteiger charge is 2.30. The molecule has 3 N–H and O–H groups in total. The molecule has 136 valence electrons. The Hall–Kier alpha value is -2.12. The molecule has 2 heterocycles. The van der Waals surface area contributed by atoms with Gasteiger partial charge in [0.25, 0.3) is 11.8 Å². The molecule has 0 aliphatic carbocycles. The third-order valence-corrected chi connectivity index (χ3v) is 4.76. The summed E-state index contributed by atoms with van der Waals surface area (Å²) in [6.07, 6.45) is 2.90. The van der Waals surface area contributed by atoms with Crippen LogP contribution in [-0.2, 0) is 9.53 Å². The number of nitrogens with one attached hydrogen (secondary N) is 1. The Morgan fingerprint density at radius 2 is 2.08 bits per heavy atom. The van der Waals surface area contributed by atoms with Crippen LogP contribution in [0.15, 0.2) is 18.2 Å². The molecule has 2 saturated heterocycles. The van der Waals surface area contributed by atoms with E-state index < -0.39 is 6.10 Å². The summed E-state index contributed by atoms with van der Waals surface area (Å²) in [6.45, 7) is 1.97. The van der Waals surface area contributed by atoms with Gasteiger partial charge in [-0.15, -0.1) is 0 Å². The van der Waals surface area contributed by atoms with Crippen molar-refractivity contribution in [1.82, 2.24) is 4.90 Å². The molecule has 2 atom stereocenters. The van der Waals surface area contributed by atoms with Crippen LogP contribution in [0.2, 0.25) is 0 Å². The van der Waals surface area contributed by atoms with E-state index in [0.717, 1.165) is 32.4 Å². The van der Waals surface area contributed by atoms with Gasteiger partial charge in [0.05, 0.1) is 18.9 Å². The molecule has 2 fully saturated rings. The number of nitrogens with two attached hydrogens (primary N) is 1. The maximum absolute atomic E-state index is 12.6. The molecule has 3 rings (SSSR count). The number of carbonyl (C=O) groups is 2. The number of anilines is 1. The van der Waals surface area contributed by atoms with E-state index in [4.69, 9.17) is 15.2 Å². The van der Waals surface area contributed by atoms with Gasteiger partial charge in [-0.3, -0.25) is 9.59 Å². The molecule has 0 radical (unpaired) electrons. The average Bonchev–Trinajstić information content (AvgIpc) is 3.32. The Bertz CT molecular complexity index is 643. The standard InChI is InChI=1S/C18H25N3O4/c1-24-15-6-4-12(18(23)21-8-2-3-9-21)10-14(15)20-17(22)16-7-5-13(11-19)25-16/h4,6,10,13,16H,2-3,5,7-9,11,19H2,1H3,(H,20,22)/t13-,16+/m1/s1. The fraction of sp³-hybridized carbons (Fsp3) is 0.556. The van der Waals surface area contributed by atoms with Crippen molar-refractivity contribution in [3.63, 3.8) is 0 Å². The SMILES string of the molecule is COc1ccc(C(=O)N2CCCC2)cc1NC(=O)[C@@H]1CC[C@H](CN)O1. The second kappa shape index (κ2) is 7.84. The topological polar surface area (TPSA) is 93.9 Å². The number of ether oxygens (including phenoxy) is 2. The Morgan fingerprint density at radius 1 is 1.32 bits per heavy atom. The monoisotopic (exact) mass is 347 g/mol. The van der Waals surface area contributed by atoms with E-state index in [1.54, 1.807) is 18.2 Å². The Morgan fingerprint density at radius 3 is 2.72 bits per heavy atom. The lowest BCUT2D eigenvalue weighted by Gasteiger charge is -2.18. The number of hydrogen-bond donors (Lipinski definition) is 2. The molecule has 0 unspecified atom stereocenters. The van der Waals surface area contributed by atoms with Crippen molar-refractivity contribution >= 4 is 17.5 Å². The van der Waals surface area contributed by atoms with Gasteiger partial charge in [-0.25, -0.2) is 0 Å². The Balaban J connectivity index is 1.74. The molecular formula is C18H25N3O4. The maximum Gasteiger partial charge on any atom is 0.253 e. The molecule has 7 nitrogen and oxygen atoms in total. The van der Waals surface area contributed by atoms with E-state index >= 15 is 0 Å². The second-order valence-corrected chi connectivity index (χ2v) is 6.46. The second-order valence-electron chi connectivity index (χ2n) is 6.46. The predicted molar refractivity (Wildman–Crippen MR) is 93.7 cm³/mol. The Kier molecular flexibility index (Phi) is 5.55. The molecule has 2 aliphatic heterocycles. The smallest absolute Gasteiger partial charge is 0.253 e. The van der Waals surface area contributed by atoms with Gasteiger partial charge < -0.3 is 25.4 Å². The summed E-state index contributed by atoms with van der Waals surface area (Å²) in [4.78, 5) is 26.8. The zero-order valence-corrected chi connectivity index (χ0v) is 14.5. The van der Waals surface area contributed by atoms with E-state index in [9.17, 15) is 9.59 Å².